The molecule has 0 fully saturated rings. The van der Waals surface area contributed by atoms with Gasteiger partial charge in [-0.1, -0.05) is 19.8 Å². The average Bonchev–Trinajstić information content (AvgIpc) is 2.77. The molecule has 2 aromatic rings. The predicted octanol–water partition coefficient (Wildman–Crippen LogP) is 5.92. The smallest absolute Gasteiger partial charge is 0.325 e. The summed E-state index contributed by atoms with van der Waals surface area (Å²) in [6.45, 7) is 1.70. The number of nitro benzene ring substituents is 2. The van der Waals surface area contributed by atoms with Crippen LogP contribution in [0.15, 0.2) is 36.4 Å². The summed E-state index contributed by atoms with van der Waals surface area (Å²) in [5.74, 6) is -3.83. The second-order valence-electron chi connectivity index (χ2n) is 7.65. The first kappa shape index (κ1) is 29.0. The number of halogens is 6. The van der Waals surface area contributed by atoms with Crippen LogP contribution in [0.25, 0.3) is 0 Å². The molecule has 0 radical (unpaired) electrons. The average molecular weight is 536 g/mol. The Balaban J connectivity index is 2.34. The molecule has 0 saturated carbocycles. The molecule has 0 aliphatic carbocycles. The van der Waals surface area contributed by atoms with E-state index in [1.54, 1.807) is 6.92 Å². The van der Waals surface area contributed by atoms with Crippen molar-refractivity contribution in [3.8, 4) is 0 Å². The fraction of sp³-hybridized carbons (Fsp3) is 0.333. The maximum atomic E-state index is 13.2. The van der Waals surface area contributed by atoms with Gasteiger partial charge in [-0.15, -0.1) is 0 Å². The van der Waals surface area contributed by atoms with Crippen molar-refractivity contribution in [2.24, 2.45) is 5.92 Å². The first-order chi connectivity index (χ1) is 17.1. The molecule has 2 amide bonds. The number of nitro groups is 2. The molecule has 37 heavy (non-hydrogen) atoms. The van der Waals surface area contributed by atoms with Crippen LogP contribution < -0.4 is 10.6 Å². The fourth-order valence-corrected chi connectivity index (χ4v) is 3.25. The van der Waals surface area contributed by atoms with Crippen LogP contribution in [-0.4, -0.2) is 21.7 Å². The summed E-state index contributed by atoms with van der Waals surface area (Å²) in [6.07, 6.45) is -9.66. The molecule has 200 valence electrons. The third kappa shape index (κ3) is 7.37. The highest BCUT2D eigenvalue weighted by molar-refractivity contribution is 6.10. The highest BCUT2D eigenvalue weighted by Gasteiger charge is 2.40. The van der Waals surface area contributed by atoms with Crippen molar-refractivity contribution < 1.29 is 45.8 Å². The summed E-state index contributed by atoms with van der Waals surface area (Å²) in [7, 11) is 0. The molecule has 10 nitrogen and oxygen atoms in total. The van der Waals surface area contributed by atoms with E-state index in [0.29, 0.717) is 30.7 Å². The van der Waals surface area contributed by atoms with Crippen LogP contribution in [0.2, 0.25) is 0 Å². The number of amides is 2. The van der Waals surface area contributed by atoms with E-state index >= 15 is 0 Å². The molecule has 16 heteroatoms. The maximum absolute atomic E-state index is 13.2. The molecule has 0 atom stereocenters. The van der Waals surface area contributed by atoms with Crippen molar-refractivity contribution in [2.75, 3.05) is 10.6 Å². The zero-order chi connectivity index (χ0) is 28.1. The highest BCUT2D eigenvalue weighted by atomic mass is 19.4. The Morgan fingerprint density at radius 1 is 0.811 bits per heavy atom. The lowest BCUT2D eigenvalue weighted by molar-refractivity contribution is -0.388. The van der Waals surface area contributed by atoms with E-state index in [1.165, 1.54) is 0 Å². The third-order valence-electron chi connectivity index (χ3n) is 5.01. The van der Waals surface area contributed by atoms with Gasteiger partial charge in [0.15, 0.2) is 0 Å². The number of hydrogen-bond acceptors (Lipinski definition) is 6. The molecule has 0 aromatic heterocycles. The molecule has 2 N–H and O–H groups in total. The minimum absolute atomic E-state index is 0.146. The van der Waals surface area contributed by atoms with Gasteiger partial charge in [0.1, 0.15) is 17.0 Å². The largest absolute Gasteiger partial charge is 0.423 e. The van der Waals surface area contributed by atoms with Crippen LogP contribution in [-0.2, 0) is 21.9 Å². The summed E-state index contributed by atoms with van der Waals surface area (Å²) in [5.41, 5.74) is -6.82. The molecular formula is C21H18F6N4O6. The van der Waals surface area contributed by atoms with E-state index in [0.717, 1.165) is 12.1 Å². The van der Waals surface area contributed by atoms with E-state index in [2.05, 4.69) is 10.6 Å². The summed E-state index contributed by atoms with van der Waals surface area (Å²) < 4.78 is 79.3. The topological polar surface area (TPSA) is 144 Å². The number of carbonyl (C=O) groups excluding carboxylic acids is 2. The van der Waals surface area contributed by atoms with Gasteiger partial charge < -0.3 is 10.6 Å². The first-order valence-electron chi connectivity index (χ1n) is 10.4. The lowest BCUT2D eigenvalue weighted by Crippen LogP contribution is -2.34. The Kier molecular flexibility index (Phi) is 8.79. The zero-order valence-electron chi connectivity index (χ0n) is 18.8. The van der Waals surface area contributed by atoms with E-state index in [1.807, 2.05) is 0 Å². The minimum Gasteiger partial charge on any atom is -0.325 e. The van der Waals surface area contributed by atoms with E-state index in [9.17, 15) is 56.2 Å². The quantitative estimate of drug-likeness (QED) is 0.176. The predicted molar refractivity (Wildman–Crippen MR) is 116 cm³/mol. The van der Waals surface area contributed by atoms with Gasteiger partial charge in [0.2, 0.25) is 11.8 Å². The highest BCUT2D eigenvalue weighted by Crippen LogP contribution is 2.39. The van der Waals surface area contributed by atoms with Crippen LogP contribution in [0.5, 0.6) is 0 Å². The van der Waals surface area contributed by atoms with E-state index < -0.39 is 73.8 Å². The van der Waals surface area contributed by atoms with Crippen LogP contribution in [0, 0.1) is 26.1 Å². The Morgan fingerprint density at radius 3 is 1.49 bits per heavy atom. The molecule has 0 heterocycles. The van der Waals surface area contributed by atoms with Crippen LogP contribution >= 0.6 is 0 Å². The van der Waals surface area contributed by atoms with Crippen molar-refractivity contribution in [1.82, 2.24) is 0 Å². The number of alkyl halides is 6. The summed E-state index contributed by atoms with van der Waals surface area (Å²) in [5, 5.41) is 25.9. The van der Waals surface area contributed by atoms with Crippen molar-refractivity contribution >= 4 is 34.6 Å². The van der Waals surface area contributed by atoms with Crippen LogP contribution in [0.4, 0.5) is 49.1 Å². The SMILES string of the molecule is CCCCC(C(=O)Nc1ccc([N+](=O)[O-])c(C(F)(F)F)c1)C(=O)Nc1ccc([N+](=O)[O-])c(C(F)(F)F)c1. The summed E-state index contributed by atoms with van der Waals surface area (Å²) >= 11 is 0. The normalized spacial score (nSPS) is 11.8. The number of rotatable bonds is 9. The molecule has 0 aliphatic rings. The second-order valence-corrected chi connectivity index (χ2v) is 7.65. The first-order valence-corrected chi connectivity index (χ1v) is 10.4. The molecule has 0 saturated heterocycles. The van der Waals surface area contributed by atoms with Gasteiger partial charge in [-0.2, -0.15) is 26.3 Å². The van der Waals surface area contributed by atoms with Gasteiger partial charge >= 0.3 is 12.4 Å². The number of carbonyl (C=O) groups is 2. The minimum atomic E-state index is -5.13. The van der Waals surface area contributed by atoms with Gasteiger partial charge in [-0.3, -0.25) is 29.8 Å². The van der Waals surface area contributed by atoms with Gasteiger partial charge in [0.25, 0.3) is 11.4 Å². The van der Waals surface area contributed by atoms with Gasteiger partial charge in [-0.25, -0.2) is 0 Å². The second kappa shape index (κ2) is 11.2. The number of hydrogen-bond donors (Lipinski definition) is 2. The van der Waals surface area contributed by atoms with Crippen molar-refractivity contribution in [3.05, 3.63) is 67.8 Å². The van der Waals surface area contributed by atoms with Crippen molar-refractivity contribution in [1.29, 1.82) is 0 Å². The molecule has 2 aromatic carbocycles. The summed E-state index contributed by atoms with van der Waals surface area (Å²) in [6, 6.07) is 3.33. The number of nitrogens with zero attached hydrogens (tertiary/aromatic N) is 2. The van der Waals surface area contributed by atoms with Crippen LogP contribution in [0.3, 0.4) is 0 Å². The zero-order valence-corrected chi connectivity index (χ0v) is 18.8. The van der Waals surface area contributed by atoms with E-state index in [4.69, 9.17) is 0 Å². The molecule has 0 unspecified atom stereocenters. The number of unbranched alkanes of at least 4 members (excludes halogenated alkanes) is 1. The molecule has 2 rings (SSSR count). The van der Waals surface area contributed by atoms with Crippen LogP contribution in [0.1, 0.15) is 37.3 Å². The Labute approximate surface area is 203 Å². The van der Waals surface area contributed by atoms with Crippen molar-refractivity contribution in [2.45, 2.75) is 38.5 Å². The summed E-state index contributed by atoms with van der Waals surface area (Å²) in [4.78, 5) is 44.8. The molecule has 0 spiro atoms. The van der Waals surface area contributed by atoms with Gasteiger partial charge in [0.05, 0.1) is 9.85 Å². The van der Waals surface area contributed by atoms with Gasteiger partial charge in [-0.05, 0) is 30.7 Å². The molecular weight excluding hydrogens is 518 g/mol. The number of anilines is 2. The third-order valence-corrected chi connectivity index (χ3v) is 5.01. The standard InChI is InChI=1S/C21H18F6N4O6/c1-2-3-4-13(18(32)28-11-5-7-16(30(34)35)14(9-11)20(22,23)24)19(33)29-12-6-8-17(31(36)37)15(10-12)21(25,26)27/h5-10,13H,2-4H2,1H3,(H,28,32)(H,29,33). The lowest BCUT2D eigenvalue weighted by atomic mass is 9.99. The van der Waals surface area contributed by atoms with E-state index in [-0.39, 0.29) is 12.8 Å². The monoisotopic (exact) mass is 536 g/mol. The fourth-order valence-electron chi connectivity index (χ4n) is 3.25. The number of benzene rings is 2. The molecule has 0 bridgehead atoms. The molecule has 0 aliphatic heterocycles. The maximum Gasteiger partial charge on any atom is 0.423 e. The number of nitrogens with one attached hydrogen (secondary N) is 2. The van der Waals surface area contributed by atoms with Crippen molar-refractivity contribution in [3.63, 3.8) is 0 Å². The Bertz CT molecular complexity index is 1130. The lowest BCUT2D eigenvalue weighted by Gasteiger charge is -2.18. The van der Waals surface area contributed by atoms with Gasteiger partial charge in [0, 0.05) is 23.5 Å². The Hall–Kier alpha value is -4.24. The Morgan fingerprint density at radius 2 is 1.19 bits per heavy atom.